The Labute approximate surface area is 95.2 Å². The van der Waals surface area contributed by atoms with Crippen LogP contribution in [0.2, 0.25) is 0 Å². The molecule has 0 aromatic carbocycles. The Bertz CT molecular complexity index is 400. The first-order chi connectivity index (χ1) is 7.79. The van der Waals surface area contributed by atoms with Crippen molar-refractivity contribution in [1.29, 1.82) is 0 Å². The fourth-order valence-corrected chi connectivity index (χ4v) is 2.20. The van der Waals surface area contributed by atoms with Crippen molar-refractivity contribution in [1.82, 2.24) is 4.98 Å². The number of hydrogen-bond acceptors (Lipinski definition) is 3. The average molecular weight is 217 g/mol. The largest absolute Gasteiger partial charge is 0.468 e. The maximum Gasteiger partial charge on any atom is 0.318 e. The molecule has 1 aromatic heterocycles. The van der Waals surface area contributed by atoms with Crippen LogP contribution in [0.25, 0.3) is 0 Å². The van der Waals surface area contributed by atoms with Crippen LogP contribution in [0.4, 0.5) is 0 Å². The van der Waals surface area contributed by atoms with Crippen LogP contribution in [0, 0.1) is 0 Å². The van der Waals surface area contributed by atoms with Crippen molar-refractivity contribution in [2.45, 2.75) is 24.7 Å². The number of nitrogens with zero attached hydrogens (tertiary/aromatic N) is 1. The van der Waals surface area contributed by atoms with Crippen molar-refractivity contribution < 1.29 is 9.53 Å². The molecule has 1 atom stereocenters. The molecular formula is C13H15NO2. The van der Waals surface area contributed by atoms with Gasteiger partial charge in [-0.15, -0.1) is 0 Å². The summed E-state index contributed by atoms with van der Waals surface area (Å²) in [7, 11) is 1.44. The van der Waals surface area contributed by atoms with E-state index in [4.69, 9.17) is 4.74 Å². The Morgan fingerprint density at radius 3 is 2.88 bits per heavy atom. The molecule has 0 N–H and O–H groups in total. The van der Waals surface area contributed by atoms with Crippen molar-refractivity contribution >= 4 is 5.97 Å². The Morgan fingerprint density at radius 2 is 2.31 bits per heavy atom. The van der Waals surface area contributed by atoms with E-state index in [-0.39, 0.29) is 5.97 Å². The van der Waals surface area contributed by atoms with Gasteiger partial charge >= 0.3 is 5.97 Å². The van der Waals surface area contributed by atoms with E-state index in [0.29, 0.717) is 6.42 Å². The number of rotatable bonds is 2. The van der Waals surface area contributed by atoms with Gasteiger partial charge in [-0.3, -0.25) is 9.78 Å². The second-order valence-electron chi connectivity index (χ2n) is 4.00. The van der Waals surface area contributed by atoms with Crippen LogP contribution < -0.4 is 0 Å². The summed E-state index contributed by atoms with van der Waals surface area (Å²) in [4.78, 5) is 16.3. The predicted octanol–water partition coefficient (Wildman–Crippen LogP) is 2.23. The zero-order valence-electron chi connectivity index (χ0n) is 9.35. The SMILES string of the molecule is COC(=O)C1(c2ccccn2)CC=CCC1. The van der Waals surface area contributed by atoms with Crippen molar-refractivity contribution in [2.75, 3.05) is 7.11 Å². The lowest BCUT2D eigenvalue weighted by molar-refractivity contribution is -0.148. The summed E-state index contributed by atoms with van der Waals surface area (Å²) in [5.41, 5.74) is 0.233. The molecule has 2 rings (SSSR count). The highest BCUT2D eigenvalue weighted by atomic mass is 16.5. The molecule has 1 heterocycles. The fourth-order valence-electron chi connectivity index (χ4n) is 2.20. The van der Waals surface area contributed by atoms with Crippen molar-refractivity contribution in [3.05, 3.63) is 42.2 Å². The Hall–Kier alpha value is -1.64. The van der Waals surface area contributed by atoms with Crippen molar-refractivity contribution in [2.24, 2.45) is 0 Å². The van der Waals surface area contributed by atoms with Crippen LogP contribution >= 0.6 is 0 Å². The zero-order chi connectivity index (χ0) is 11.4. The van der Waals surface area contributed by atoms with E-state index in [9.17, 15) is 4.79 Å². The summed E-state index contributed by atoms with van der Waals surface area (Å²) in [6.07, 6.45) is 8.20. The molecule has 3 nitrogen and oxygen atoms in total. The highest BCUT2D eigenvalue weighted by Crippen LogP contribution is 2.36. The number of esters is 1. The van der Waals surface area contributed by atoms with Crippen LogP contribution in [-0.2, 0) is 14.9 Å². The minimum Gasteiger partial charge on any atom is -0.468 e. The van der Waals surface area contributed by atoms with Gasteiger partial charge < -0.3 is 4.74 Å². The van der Waals surface area contributed by atoms with Gasteiger partial charge in [-0.05, 0) is 31.4 Å². The summed E-state index contributed by atoms with van der Waals surface area (Å²) in [6.45, 7) is 0. The van der Waals surface area contributed by atoms with Crippen LogP contribution in [-0.4, -0.2) is 18.1 Å². The van der Waals surface area contributed by atoms with Gasteiger partial charge in [-0.1, -0.05) is 18.2 Å². The minimum absolute atomic E-state index is 0.185. The summed E-state index contributed by atoms with van der Waals surface area (Å²) in [6, 6.07) is 5.66. The summed E-state index contributed by atoms with van der Waals surface area (Å²) < 4.78 is 4.93. The normalized spacial score (nSPS) is 24.1. The first-order valence-electron chi connectivity index (χ1n) is 5.44. The van der Waals surface area contributed by atoms with Crippen molar-refractivity contribution in [3.63, 3.8) is 0 Å². The van der Waals surface area contributed by atoms with Gasteiger partial charge in [0.1, 0.15) is 5.41 Å². The molecule has 84 valence electrons. The molecule has 0 radical (unpaired) electrons. The van der Waals surface area contributed by atoms with E-state index < -0.39 is 5.41 Å². The third-order valence-corrected chi connectivity index (χ3v) is 3.10. The number of pyridine rings is 1. The first kappa shape index (κ1) is 10.9. The summed E-state index contributed by atoms with van der Waals surface area (Å²) >= 11 is 0. The average Bonchev–Trinajstić information content (AvgIpc) is 2.39. The third kappa shape index (κ3) is 1.73. The lowest BCUT2D eigenvalue weighted by atomic mass is 9.74. The molecule has 3 heteroatoms. The van der Waals surface area contributed by atoms with E-state index in [2.05, 4.69) is 11.1 Å². The number of ether oxygens (including phenoxy) is 1. The van der Waals surface area contributed by atoms with Gasteiger partial charge in [0.25, 0.3) is 0 Å². The molecule has 1 unspecified atom stereocenters. The predicted molar refractivity (Wildman–Crippen MR) is 60.9 cm³/mol. The molecule has 16 heavy (non-hydrogen) atoms. The van der Waals surface area contributed by atoms with Gasteiger partial charge in [0, 0.05) is 6.20 Å². The van der Waals surface area contributed by atoms with E-state index in [1.165, 1.54) is 7.11 Å². The van der Waals surface area contributed by atoms with Gasteiger partial charge in [0.05, 0.1) is 12.8 Å². The Balaban J connectivity index is 2.42. The number of hydrogen-bond donors (Lipinski definition) is 0. The smallest absolute Gasteiger partial charge is 0.318 e. The maximum absolute atomic E-state index is 12.0. The third-order valence-electron chi connectivity index (χ3n) is 3.10. The molecule has 1 aliphatic carbocycles. The lowest BCUT2D eigenvalue weighted by Gasteiger charge is -2.31. The number of methoxy groups -OCH3 is 1. The van der Waals surface area contributed by atoms with E-state index in [1.54, 1.807) is 6.20 Å². The monoisotopic (exact) mass is 217 g/mol. The maximum atomic E-state index is 12.0. The van der Waals surface area contributed by atoms with Gasteiger partial charge in [-0.2, -0.15) is 0 Å². The summed E-state index contributed by atoms with van der Waals surface area (Å²) in [5, 5.41) is 0. The second-order valence-corrected chi connectivity index (χ2v) is 4.00. The Morgan fingerprint density at radius 1 is 1.44 bits per heavy atom. The number of carbonyl (C=O) groups excluding carboxylic acids is 1. The van der Waals surface area contributed by atoms with Crippen LogP contribution in [0.3, 0.4) is 0 Å². The standard InChI is InChI=1S/C13H15NO2/c1-16-12(15)13(8-4-2-5-9-13)11-7-3-6-10-14-11/h2-4,6-7,10H,5,8-9H2,1H3. The molecule has 1 aromatic rings. The first-order valence-corrected chi connectivity index (χ1v) is 5.44. The quantitative estimate of drug-likeness (QED) is 0.563. The van der Waals surface area contributed by atoms with E-state index in [1.807, 2.05) is 24.3 Å². The highest BCUT2D eigenvalue weighted by Gasteiger charge is 2.42. The molecule has 0 spiro atoms. The molecular weight excluding hydrogens is 202 g/mol. The molecule has 0 amide bonds. The minimum atomic E-state index is -0.579. The second kappa shape index (κ2) is 4.47. The zero-order valence-corrected chi connectivity index (χ0v) is 9.35. The van der Waals surface area contributed by atoms with E-state index in [0.717, 1.165) is 18.5 Å². The summed E-state index contributed by atoms with van der Waals surface area (Å²) in [5.74, 6) is -0.185. The lowest BCUT2D eigenvalue weighted by Crippen LogP contribution is -2.38. The highest BCUT2D eigenvalue weighted by molar-refractivity contribution is 5.83. The molecule has 0 bridgehead atoms. The molecule has 0 aliphatic heterocycles. The number of aromatic nitrogens is 1. The molecule has 0 fully saturated rings. The van der Waals surface area contributed by atoms with E-state index >= 15 is 0 Å². The van der Waals surface area contributed by atoms with Gasteiger partial charge in [-0.25, -0.2) is 0 Å². The number of allylic oxidation sites excluding steroid dienone is 2. The van der Waals surface area contributed by atoms with Crippen LogP contribution in [0.15, 0.2) is 36.5 Å². The van der Waals surface area contributed by atoms with Crippen molar-refractivity contribution in [3.8, 4) is 0 Å². The van der Waals surface area contributed by atoms with Crippen LogP contribution in [0.1, 0.15) is 25.0 Å². The molecule has 0 saturated carbocycles. The topological polar surface area (TPSA) is 39.2 Å². The van der Waals surface area contributed by atoms with Gasteiger partial charge in [0.15, 0.2) is 0 Å². The van der Waals surface area contributed by atoms with Gasteiger partial charge in [0.2, 0.25) is 0 Å². The molecule has 1 aliphatic rings. The fraction of sp³-hybridized carbons (Fsp3) is 0.385. The number of carbonyl (C=O) groups is 1. The Kier molecular flexibility index (Phi) is 3.04. The molecule has 0 saturated heterocycles. The van der Waals surface area contributed by atoms with Crippen LogP contribution in [0.5, 0.6) is 0 Å².